The Morgan fingerprint density at radius 3 is 2.00 bits per heavy atom. The van der Waals surface area contributed by atoms with Crippen molar-refractivity contribution in [3.8, 4) is 0 Å². The van der Waals surface area contributed by atoms with Gasteiger partial charge in [-0.2, -0.15) is 0 Å². The van der Waals surface area contributed by atoms with Gasteiger partial charge in [-0.05, 0) is 32.1 Å². The summed E-state index contributed by atoms with van der Waals surface area (Å²) < 4.78 is 26.3. The van der Waals surface area contributed by atoms with Crippen LogP contribution in [0.15, 0.2) is 0 Å². The van der Waals surface area contributed by atoms with Gasteiger partial charge >= 0.3 is 0 Å². The lowest BCUT2D eigenvalue weighted by Crippen LogP contribution is -2.46. The van der Waals surface area contributed by atoms with Gasteiger partial charge in [0, 0.05) is 10.9 Å². The molecular weight excluding hydrogens is 290 g/mol. The van der Waals surface area contributed by atoms with Gasteiger partial charge in [0.25, 0.3) is 0 Å². The zero-order valence-electron chi connectivity index (χ0n) is 10.9. The number of nitrogens with one attached hydrogen (secondary N) is 1. The maximum Gasteiger partial charge on any atom is 0.212 e. The number of alkyl halides is 1. The lowest BCUT2D eigenvalue weighted by Gasteiger charge is -2.32. The van der Waals surface area contributed by atoms with Gasteiger partial charge in [-0.1, -0.05) is 36.7 Å². The summed E-state index contributed by atoms with van der Waals surface area (Å²) in [4.78, 5) is 0. The molecule has 0 atom stereocenters. The van der Waals surface area contributed by atoms with Crippen molar-refractivity contribution >= 4 is 26.0 Å². The van der Waals surface area contributed by atoms with Crippen LogP contribution in [-0.4, -0.2) is 25.0 Å². The van der Waals surface area contributed by atoms with E-state index >= 15 is 0 Å². The van der Waals surface area contributed by atoms with Crippen LogP contribution in [0.25, 0.3) is 0 Å². The lowest BCUT2D eigenvalue weighted by atomic mass is 9.82. The van der Waals surface area contributed by atoms with Crippen LogP contribution in [0, 0.1) is 5.41 Å². The van der Waals surface area contributed by atoms with Crippen LogP contribution < -0.4 is 4.72 Å². The van der Waals surface area contributed by atoms with Crippen LogP contribution in [0.1, 0.15) is 47.5 Å². The molecule has 0 aromatic heterocycles. The maximum absolute atomic E-state index is 11.8. The zero-order chi connectivity index (χ0) is 13.0. The molecule has 0 spiro atoms. The Hall–Kier alpha value is 0.390. The highest BCUT2D eigenvalue weighted by atomic mass is 79.9. The summed E-state index contributed by atoms with van der Waals surface area (Å²) in [6, 6.07) is 0. The summed E-state index contributed by atoms with van der Waals surface area (Å²) in [5.74, 6) is 0.186. The fourth-order valence-corrected chi connectivity index (χ4v) is 4.27. The molecule has 0 aliphatic heterocycles. The van der Waals surface area contributed by atoms with Crippen molar-refractivity contribution in [1.29, 1.82) is 0 Å². The number of hydrogen-bond donors (Lipinski definition) is 1. The summed E-state index contributed by atoms with van der Waals surface area (Å²) in [5.41, 5.74) is -0.273. The van der Waals surface area contributed by atoms with Crippen molar-refractivity contribution in [2.45, 2.75) is 53.0 Å². The van der Waals surface area contributed by atoms with Crippen LogP contribution in [0.2, 0.25) is 0 Å². The first-order chi connectivity index (χ1) is 6.97. The zero-order valence-corrected chi connectivity index (χ0v) is 13.3. The van der Waals surface area contributed by atoms with Gasteiger partial charge in [-0.15, -0.1) is 0 Å². The van der Waals surface area contributed by atoms with Crippen LogP contribution >= 0.6 is 15.9 Å². The highest BCUT2D eigenvalue weighted by Gasteiger charge is 2.29. The summed E-state index contributed by atoms with van der Waals surface area (Å²) in [7, 11) is -3.15. The van der Waals surface area contributed by atoms with Crippen molar-refractivity contribution < 1.29 is 8.42 Å². The first-order valence-electron chi connectivity index (χ1n) is 5.55. The second-order valence-corrected chi connectivity index (χ2v) is 8.72. The monoisotopic (exact) mass is 313 g/mol. The van der Waals surface area contributed by atoms with Crippen molar-refractivity contribution in [1.82, 2.24) is 4.72 Å². The molecule has 0 amide bonds. The molecule has 0 aliphatic carbocycles. The molecule has 0 saturated carbocycles. The van der Waals surface area contributed by atoms with E-state index < -0.39 is 10.0 Å². The summed E-state index contributed by atoms with van der Waals surface area (Å²) in [5, 5.41) is 0.716. The van der Waals surface area contributed by atoms with Crippen LogP contribution in [0.3, 0.4) is 0 Å². The Morgan fingerprint density at radius 1 is 1.12 bits per heavy atom. The fourth-order valence-electron chi connectivity index (χ4n) is 2.08. The van der Waals surface area contributed by atoms with Crippen LogP contribution in [0.5, 0.6) is 0 Å². The highest BCUT2D eigenvalue weighted by molar-refractivity contribution is 9.09. The van der Waals surface area contributed by atoms with Crippen molar-refractivity contribution in [2.75, 3.05) is 11.1 Å². The van der Waals surface area contributed by atoms with E-state index in [1.807, 2.05) is 13.8 Å². The molecule has 0 aromatic rings. The van der Waals surface area contributed by atoms with E-state index in [1.165, 1.54) is 0 Å². The average Bonchev–Trinajstić information content (AvgIpc) is 1.93. The molecule has 1 N–H and O–H groups in total. The highest BCUT2D eigenvalue weighted by Crippen LogP contribution is 2.27. The third-order valence-corrected chi connectivity index (χ3v) is 4.20. The molecule has 5 heteroatoms. The Kier molecular flexibility index (Phi) is 5.97. The molecule has 0 bridgehead atoms. The van der Waals surface area contributed by atoms with Crippen LogP contribution in [-0.2, 0) is 10.0 Å². The average molecular weight is 314 g/mol. The van der Waals surface area contributed by atoms with E-state index in [4.69, 9.17) is 0 Å². The van der Waals surface area contributed by atoms with Gasteiger partial charge in [0.05, 0.1) is 5.75 Å². The predicted molar refractivity (Wildman–Crippen MR) is 73.5 cm³/mol. The number of hydrogen-bond acceptors (Lipinski definition) is 2. The van der Waals surface area contributed by atoms with E-state index in [1.54, 1.807) is 0 Å². The van der Waals surface area contributed by atoms with E-state index in [2.05, 4.69) is 41.4 Å². The summed E-state index contributed by atoms with van der Waals surface area (Å²) in [6.45, 7) is 10.2. The minimum atomic E-state index is -3.15. The molecule has 0 fully saturated rings. The standard InChI is InChI=1S/C11H24BrNO2S/c1-10(2,3)9-11(4,5)13-16(14,15)8-6-7-12/h13H,6-9H2,1-5H3. The molecule has 0 rings (SSSR count). The quantitative estimate of drug-likeness (QED) is 0.766. The van der Waals surface area contributed by atoms with E-state index in [9.17, 15) is 8.42 Å². The molecule has 0 unspecified atom stereocenters. The minimum absolute atomic E-state index is 0.113. The Balaban J connectivity index is 4.46. The van der Waals surface area contributed by atoms with Gasteiger partial charge < -0.3 is 0 Å². The molecular formula is C11H24BrNO2S. The Bertz CT molecular complexity index is 304. The maximum atomic E-state index is 11.8. The number of halogens is 1. The largest absolute Gasteiger partial charge is 0.212 e. The third-order valence-electron chi connectivity index (χ3n) is 1.95. The topological polar surface area (TPSA) is 46.2 Å². The fraction of sp³-hybridized carbons (Fsp3) is 1.00. The second kappa shape index (κ2) is 5.83. The smallest absolute Gasteiger partial charge is 0.212 e. The third kappa shape index (κ3) is 8.53. The van der Waals surface area contributed by atoms with E-state index in [0.29, 0.717) is 11.8 Å². The van der Waals surface area contributed by atoms with Gasteiger partial charge in [0.2, 0.25) is 10.0 Å². The number of sulfonamides is 1. The first-order valence-corrected chi connectivity index (χ1v) is 8.32. The molecule has 0 heterocycles. The molecule has 0 radical (unpaired) electrons. The molecule has 98 valence electrons. The lowest BCUT2D eigenvalue weighted by molar-refractivity contribution is 0.269. The van der Waals surface area contributed by atoms with Crippen molar-refractivity contribution in [3.05, 3.63) is 0 Å². The van der Waals surface area contributed by atoms with Gasteiger partial charge in [-0.3, -0.25) is 0 Å². The first kappa shape index (κ1) is 16.4. The van der Waals surface area contributed by atoms with Crippen LogP contribution in [0.4, 0.5) is 0 Å². The number of rotatable bonds is 6. The Labute approximate surface area is 109 Å². The minimum Gasteiger partial charge on any atom is -0.212 e. The Morgan fingerprint density at radius 2 is 1.62 bits per heavy atom. The molecule has 3 nitrogen and oxygen atoms in total. The normalized spacial score (nSPS) is 14.1. The van der Waals surface area contributed by atoms with Gasteiger partial charge in [0.15, 0.2) is 0 Å². The molecule has 0 saturated heterocycles. The summed E-state index contributed by atoms with van der Waals surface area (Å²) in [6.07, 6.45) is 1.45. The van der Waals surface area contributed by atoms with Crippen molar-refractivity contribution in [2.24, 2.45) is 5.41 Å². The van der Waals surface area contributed by atoms with E-state index in [-0.39, 0.29) is 16.7 Å². The van der Waals surface area contributed by atoms with E-state index in [0.717, 1.165) is 6.42 Å². The van der Waals surface area contributed by atoms with Crippen molar-refractivity contribution in [3.63, 3.8) is 0 Å². The molecule has 0 aromatic carbocycles. The molecule has 0 aliphatic rings. The predicted octanol–water partition coefficient (Wildman–Crippen LogP) is 2.91. The summed E-state index contributed by atoms with van der Waals surface area (Å²) >= 11 is 3.24. The molecule has 16 heavy (non-hydrogen) atoms. The second-order valence-electron chi connectivity index (χ2n) is 6.08. The van der Waals surface area contributed by atoms with Gasteiger partial charge in [-0.25, -0.2) is 13.1 Å². The SMILES string of the molecule is CC(C)(C)CC(C)(C)NS(=O)(=O)CCCBr. The van der Waals surface area contributed by atoms with Gasteiger partial charge in [0.1, 0.15) is 0 Å².